The number of halogens is 1. The molecular weight excluding hydrogens is 441 g/mol. The number of guanidine groups is 1. The van der Waals surface area contributed by atoms with E-state index in [9.17, 15) is 4.79 Å². The normalized spacial score (nSPS) is 10.8. The number of esters is 1. The van der Waals surface area contributed by atoms with Crippen LogP contribution in [0.1, 0.15) is 51.0 Å². The van der Waals surface area contributed by atoms with Crippen molar-refractivity contribution in [2.24, 2.45) is 4.99 Å². The van der Waals surface area contributed by atoms with E-state index in [1.807, 2.05) is 6.07 Å². The van der Waals surface area contributed by atoms with E-state index in [2.05, 4.69) is 51.6 Å². The Morgan fingerprint density at radius 2 is 1.77 bits per heavy atom. The van der Waals surface area contributed by atoms with Crippen LogP contribution in [0.15, 0.2) is 35.3 Å². The zero-order valence-electron chi connectivity index (χ0n) is 16.1. The maximum Gasteiger partial charge on any atom is 0.305 e. The number of methoxy groups -OCH3 is 1. The van der Waals surface area contributed by atoms with Crippen molar-refractivity contribution < 1.29 is 9.53 Å². The zero-order valence-corrected chi connectivity index (χ0v) is 18.5. The maximum absolute atomic E-state index is 11.0. The molecule has 0 fully saturated rings. The molecular formula is C20H34IN3O2. The lowest BCUT2D eigenvalue weighted by atomic mass is 10.1. The second-order valence-electron chi connectivity index (χ2n) is 6.02. The fourth-order valence-electron chi connectivity index (χ4n) is 2.52. The smallest absolute Gasteiger partial charge is 0.305 e. The summed E-state index contributed by atoms with van der Waals surface area (Å²) in [5.74, 6) is 0.778. The number of rotatable bonds is 12. The molecule has 0 aliphatic carbocycles. The Bertz CT molecular complexity index is 495. The average molecular weight is 475 g/mol. The van der Waals surface area contributed by atoms with Gasteiger partial charge in [0, 0.05) is 26.1 Å². The van der Waals surface area contributed by atoms with Crippen molar-refractivity contribution in [3.8, 4) is 0 Å². The number of carbonyl (C=O) groups excluding carboxylic acids is 1. The summed E-state index contributed by atoms with van der Waals surface area (Å²) in [6, 6.07) is 10.5. The molecule has 0 saturated carbocycles. The lowest BCUT2D eigenvalue weighted by Crippen LogP contribution is -2.37. The summed E-state index contributed by atoms with van der Waals surface area (Å²) >= 11 is 0. The summed E-state index contributed by atoms with van der Waals surface area (Å²) in [6.45, 7) is 4.67. The summed E-state index contributed by atoms with van der Waals surface area (Å²) in [5.41, 5.74) is 1.36. The van der Waals surface area contributed by atoms with Gasteiger partial charge in [-0.05, 0) is 38.2 Å². The van der Waals surface area contributed by atoms with Gasteiger partial charge in [0.2, 0.25) is 0 Å². The Labute approximate surface area is 175 Å². The Hall–Kier alpha value is -1.31. The van der Waals surface area contributed by atoms with E-state index in [0.717, 1.165) is 64.1 Å². The van der Waals surface area contributed by atoms with Crippen LogP contribution in [-0.4, -0.2) is 38.7 Å². The van der Waals surface area contributed by atoms with Crippen LogP contribution >= 0.6 is 24.0 Å². The molecule has 0 saturated heterocycles. The van der Waals surface area contributed by atoms with Crippen molar-refractivity contribution in [1.82, 2.24) is 10.6 Å². The third-order valence-electron chi connectivity index (χ3n) is 3.91. The van der Waals surface area contributed by atoms with Gasteiger partial charge in [0.05, 0.1) is 7.11 Å². The molecule has 0 radical (unpaired) electrons. The molecule has 1 rings (SSSR count). The highest BCUT2D eigenvalue weighted by molar-refractivity contribution is 14.0. The van der Waals surface area contributed by atoms with E-state index in [1.54, 1.807) is 0 Å². The highest BCUT2D eigenvalue weighted by atomic mass is 127. The molecule has 0 unspecified atom stereocenters. The number of benzene rings is 1. The quantitative estimate of drug-likeness (QED) is 0.158. The molecule has 0 atom stereocenters. The highest BCUT2D eigenvalue weighted by Crippen LogP contribution is 2.04. The summed E-state index contributed by atoms with van der Waals surface area (Å²) < 4.78 is 4.64. The molecule has 0 heterocycles. The topological polar surface area (TPSA) is 62.7 Å². The van der Waals surface area contributed by atoms with Crippen molar-refractivity contribution in [2.45, 2.75) is 51.9 Å². The van der Waals surface area contributed by atoms with E-state index in [4.69, 9.17) is 0 Å². The molecule has 1 aromatic carbocycles. The molecule has 0 aliphatic heterocycles. The van der Waals surface area contributed by atoms with Crippen LogP contribution in [0.2, 0.25) is 0 Å². The lowest BCUT2D eigenvalue weighted by molar-refractivity contribution is -0.140. The van der Waals surface area contributed by atoms with E-state index >= 15 is 0 Å². The minimum absolute atomic E-state index is 0. The highest BCUT2D eigenvalue weighted by Gasteiger charge is 2.00. The molecule has 1 aromatic rings. The van der Waals surface area contributed by atoms with E-state index < -0.39 is 0 Å². The second kappa shape index (κ2) is 17.1. The van der Waals surface area contributed by atoms with Gasteiger partial charge in [-0.2, -0.15) is 0 Å². The maximum atomic E-state index is 11.0. The van der Waals surface area contributed by atoms with Crippen LogP contribution in [0.3, 0.4) is 0 Å². The Morgan fingerprint density at radius 3 is 2.46 bits per heavy atom. The summed E-state index contributed by atoms with van der Waals surface area (Å²) in [5, 5.41) is 6.66. The zero-order chi connectivity index (χ0) is 18.2. The third kappa shape index (κ3) is 13.0. The molecule has 2 N–H and O–H groups in total. The van der Waals surface area contributed by atoms with Gasteiger partial charge in [-0.25, -0.2) is 0 Å². The van der Waals surface area contributed by atoms with Crippen LogP contribution < -0.4 is 10.6 Å². The number of hydrogen-bond donors (Lipinski definition) is 2. The lowest BCUT2D eigenvalue weighted by Gasteiger charge is -2.11. The van der Waals surface area contributed by atoms with E-state index in [-0.39, 0.29) is 29.9 Å². The molecule has 6 heteroatoms. The van der Waals surface area contributed by atoms with Crippen LogP contribution in [0, 0.1) is 0 Å². The SMILES string of the molecule is CCNC(=NCCCc1ccccc1)NCCCCCCC(=O)OC.I. The molecule has 0 spiro atoms. The van der Waals surface area contributed by atoms with Crippen LogP contribution in [0.5, 0.6) is 0 Å². The minimum Gasteiger partial charge on any atom is -0.469 e. The van der Waals surface area contributed by atoms with Gasteiger partial charge >= 0.3 is 5.97 Å². The first-order valence-corrected chi connectivity index (χ1v) is 9.39. The molecule has 148 valence electrons. The summed E-state index contributed by atoms with van der Waals surface area (Å²) in [7, 11) is 1.44. The standard InChI is InChI=1S/C20H33N3O2.HI/c1-3-21-20(22-16-10-5-4-9-15-19(24)25-2)23-17-11-14-18-12-7-6-8-13-18;/h6-8,12-13H,3-5,9-11,14-17H2,1-2H3,(H2,21,22,23);1H. The number of nitrogens with one attached hydrogen (secondary N) is 2. The van der Waals surface area contributed by atoms with E-state index in [0.29, 0.717) is 6.42 Å². The third-order valence-corrected chi connectivity index (χ3v) is 3.91. The minimum atomic E-state index is -0.116. The Morgan fingerprint density at radius 1 is 1.04 bits per heavy atom. The van der Waals surface area contributed by atoms with Gasteiger partial charge in [0.15, 0.2) is 5.96 Å². The molecule has 5 nitrogen and oxygen atoms in total. The predicted molar refractivity (Wildman–Crippen MR) is 119 cm³/mol. The van der Waals surface area contributed by atoms with Gasteiger partial charge < -0.3 is 15.4 Å². The number of hydrogen-bond acceptors (Lipinski definition) is 3. The van der Waals surface area contributed by atoms with Crippen molar-refractivity contribution in [1.29, 1.82) is 0 Å². The second-order valence-corrected chi connectivity index (χ2v) is 6.02. The van der Waals surface area contributed by atoms with Crippen LogP contribution in [0.25, 0.3) is 0 Å². The monoisotopic (exact) mass is 475 g/mol. The molecule has 26 heavy (non-hydrogen) atoms. The average Bonchev–Trinajstić information content (AvgIpc) is 2.64. The fourth-order valence-corrected chi connectivity index (χ4v) is 2.52. The summed E-state index contributed by atoms with van der Waals surface area (Å²) in [6.07, 6.45) is 6.78. The predicted octanol–water partition coefficient (Wildman–Crippen LogP) is 3.92. The number of aliphatic imine (C=N–C) groups is 1. The molecule has 0 aliphatic rings. The van der Waals surface area contributed by atoms with Crippen LogP contribution in [-0.2, 0) is 16.0 Å². The van der Waals surface area contributed by atoms with Gasteiger partial charge in [-0.3, -0.25) is 9.79 Å². The number of aryl methyl sites for hydroxylation is 1. The Kier molecular flexibility index (Phi) is 16.3. The van der Waals surface area contributed by atoms with Crippen molar-refractivity contribution >= 4 is 35.9 Å². The number of ether oxygens (including phenoxy) is 1. The molecule has 0 amide bonds. The number of carbonyl (C=O) groups is 1. The molecule has 0 aromatic heterocycles. The van der Waals surface area contributed by atoms with Crippen molar-refractivity contribution in [2.75, 3.05) is 26.7 Å². The number of unbranched alkanes of at least 4 members (excludes halogenated alkanes) is 3. The van der Waals surface area contributed by atoms with E-state index in [1.165, 1.54) is 12.7 Å². The largest absolute Gasteiger partial charge is 0.469 e. The van der Waals surface area contributed by atoms with Crippen molar-refractivity contribution in [3.05, 3.63) is 35.9 Å². The van der Waals surface area contributed by atoms with Crippen molar-refractivity contribution in [3.63, 3.8) is 0 Å². The first-order chi connectivity index (χ1) is 12.3. The first kappa shape index (κ1) is 24.7. The number of nitrogens with zero attached hydrogens (tertiary/aromatic N) is 1. The Balaban J connectivity index is 0.00000625. The summed E-state index contributed by atoms with van der Waals surface area (Å²) in [4.78, 5) is 15.6. The fraction of sp³-hybridized carbons (Fsp3) is 0.600. The van der Waals surface area contributed by atoms with Gasteiger partial charge in [-0.15, -0.1) is 24.0 Å². The first-order valence-electron chi connectivity index (χ1n) is 9.39. The molecule has 0 bridgehead atoms. The van der Waals surface area contributed by atoms with Gasteiger partial charge in [0.25, 0.3) is 0 Å². The van der Waals surface area contributed by atoms with Crippen LogP contribution in [0.4, 0.5) is 0 Å². The van der Waals surface area contributed by atoms with Gasteiger partial charge in [-0.1, -0.05) is 43.2 Å². The van der Waals surface area contributed by atoms with Gasteiger partial charge in [0.1, 0.15) is 0 Å².